The first-order valence-electron chi connectivity index (χ1n) is 9.27. The molecule has 3 aromatic rings. The van der Waals surface area contributed by atoms with E-state index in [1.807, 2.05) is 13.0 Å². The number of fused-ring (bicyclic) bond motifs is 3. The zero-order chi connectivity index (χ0) is 21.5. The first-order valence-corrected chi connectivity index (χ1v) is 11.1. The molecule has 0 unspecified atom stereocenters. The number of benzene rings is 3. The number of carbonyl (C=O) groups excluding carboxylic acids is 1. The number of nitrogens with zero attached hydrogens (tertiary/aromatic N) is 1. The molecule has 0 fully saturated rings. The second-order valence-corrected chi connectivity index (χ2v) is 9.23. The van der Waals surface area contributed by atoms with Crippen LogP contribution in [0.15, 0.2) is 78.2 Å². The van der Waals surface area contributed by atoms with Crippen LogP contribution in [-0.4, -0.2) is 20.9 Å². The molecule has 0 saturated carbocycles. The van der Waals surface area contributed by atoms with Crippen molar-refractivity contribution in [3.8, 4) is 11.1 Å². The van der Waals surface area contributed by atoms with Gasteiger partial charge >= 0.3 is 0 Å². The summed E-state index contributed by atoms with van der Waals surface area (Å²) in [4.78, 5) is 13.1. The summed E-state index contributed by atoms with van der Waals surface area (Å²) >= 11 is 6.05. The standard InChI is InChI=1S/C23H19ClN2O3S/c1-3-12-26-21-11-9-16(23(27)25-20-14-17(24)10-8-15(20)2)13-19(21)18-6-4-5-7-22(18)30(26,28)29/h3-11,13-14H,1,12H2,2H3,(H,25,27). The average molecular weight is 439 g/mol. The van der Waals surface area contributed by atoms with Crippen molar-refractivity contribution in [2.75, 3.05) is 16.2 Å². The zero-order valence-corrected chi connectivity index (χ0v) is 17.8. The first-order chi connectivity index (χ1) is 14.3. The van der Waals surface area contributed by atoms with Crippen LogP contribution in [-0.2, 0) is 10.0 Å². The number of hydrogen-bond acceptors (Lipinski definition) is 3. The Morgan fingerprint density at radius 3 is 2.63 bits per heavy atom. The topological polar surface area (TPSA) is 66.5 Å². The molecule has 0 spiro atoms. The monoisotopic (exact) mass is 438 g/mol. The number of aryl methyl sites for hydroxylation is 1. The number of carbonyl (C=O) groups is 1. The number of anilines is 2. The molecule has 0 radical (unpaired) electrons. The van der Waals surface area contributed by atoms with Gasteiger partial charge in [0.25, 0.3) is 15.9 Å². The van der Waals surface area contributed by atoms with Crippen LogP contribution in [0.3, 0.4) is 0 Å². The summed E-state index contributed by atoms with van der Waals surface area (Å²) in [6.45, 7) is 5.69. The lowest BCUT2D eigenvalue weighted by molar-refractivity contribution is 0.102. The number of sulfonamides is 1. The lowest BCUT2D eigenvalue weighted by Crippen LogP contribution is -2.34. The molecule has 5 nitrogen and oxygen atoms in total. The van der Waals surface area contributed by atoms with E-state index < -0.39 is 10.0 Å². The third kappa shape index (κ3) is 3.38. The van der Waals surface area contributed by atoms with Crippen LogP contribution < -0.4 is 9.62 Å². The van der Waals surface area contributed by atoms with Gasteiger partial charge < -0.3 is 5.32 Å². The number of halogens is 1. The largest absolute Gasteiger partial charge is 0.322 e. The van der Waals surface area contributed by atoms with E-state index in [9.17, 15) is 13.2 Å². The predicted octanol–water partition coefficient (Wildman–Crippen LogP) is 5.26. The van der Waals surface area contributed by atoms with Crippen molar-refractivity contribution in [3.63, 3.8) is 0 Å². The summed E-state index contributed by atoms with van der Waals surface area (Å²) in [5, 5.41) is 3.41. The fourth-order valence-electron chi connectivity index (χ4n) is 3.51. The van der Waals surface area contributed by atoms with Crippen LogP contribution in [0.2, 0.25) is 5.02 Å². The van der Waals surface area contributed by atoms with Gasteiger partial charge in [0.05, 0.1) is 17.1 Å². The summed E-state index contributed by atoms with van der Waals surface area (Å²) in [6.07, 6.45) is 1.54. The van der Waals surface area contributed by atoms with Crippen molar-refractivity contribution in [2.45, 2.75) is 11.8 Å². The van der Waals surface area contributed by atoms with Gasteiger partial charge in [0.2, 0.25) is 0 Å². The molecule has 0 saturated heterocycles. The second-order valence-electron chi connectivity index (χ2n) is 6.97. The maximum Gasteiger partial charge on any atom is 0.265 e. The minimum absolute atomic E-state index is 0.136. The molecule has 1 heterocycles. The SMILES string of the molecule is C=CCN1c2ccc(C(=O)Nc3cc(Cl)ccc3C)cc2-c2ccccc2S1(=O)=O. The van der Waals surface area contributed by atoms with Crippen LogP contribution in [0, 0.1) is 6.92 Å². The van der Waals surface area contributed by atoms with Crippen LogP contribution >= 0.6 is 11.6 Å². The van der Waals surface area contributed by atoms with Crippen molar-refractivity contribution in [1.82, 2.24) is 0 Å². The van der Waals surface area contributed by atoms with Gasteiger partial charge in [-0.25, -0.2) is 8.42 Å². The van der Waals surface area contributed by atoms with E-state index in [1.165, 1.54) is 10.4 Å². The number of nitrogens with one attached hydrogen (secondary N) is 1. The third-order valence-electron chi connectivity index (χ3n) is 5.02. The molecule has 7 heteroatoms. The molecule has 1 N–H and O–H groups in total. The van der Waals surface area contributed by atoms with Crippen LogP contribution in [0.4, 0.5) is 11.4 Å². The molecule has 1 aliphatic heterocycles. The highest BCUT2D eigenvalue weighted by molar-refractivity contribution is 7.93. The summed E-state index contributed by atoms with van der Waals surface area (Å²) < 4.78 is 27.5. The molecule has 0 atom stereocenters. The van der Waals surface area contributed by atoms with E-state index >= 15 is 0 Å². The average Bonchev–Trinajstić information content (AvgIpc) is 2.73. The molecule has 0 aromatic heterocycles. The van der Waals surface area contributed by atoms with Crippen molar-refractivity contribution < 1.29 is 13.2 Å². The quantitative estimate of drug-likeness (QED) is 0.565. The Kier molecular flexibility index (Phi) is 5.13. The number of amides is 1. The zero-order valence-electron chi connectivity index (χ0n) is 16.2. The van der Waals surface area contributed by atoms with Crippen molar-refractivity contribution in [3.05, 3.63) is 89.5 Å². The Labute approximate surface area is 180 Å². The first kappa shape index (κ1) is 20.2. The summed E-state index contributed by atoms with van der Waals surface area (Å²) in [5.74, 6) is -0.302. The molecule has 1 amide bonds. The Balaban J connectivity index is 1.80. The molecular weight excluding hydrogens is 420 g/mol. The van der Waals surface area contributed by atoms with Gasteiger partial charge in [0, 0.05) is 27.4 Å². The summed E-state index contributed by atoms with van der Waals surface area (Å²) in [6, 6.07) is 17.1. The van der Waals surface area contributed by atoms with E-state index in [1.54, 1.807) is 54.6 Å². The van der Waals surface area contributed by atoms with Crippen LogP contribution in [0.5, 0.6) is 0 Å². The van der Waals surface area contributed by atoms with Gasteiger partial charge in [0.1, 0.15) is 0 Å². The van der Waals surface area contributed by atoms with E-state index in [2.05, 4.69) is 11.9 Å². The van der Waals surface area contributed by atoms with Gasteiger partial charge in [-0.3, -0.25) is 9.10 Å². The maximum absolute atomic E-state index is 13.1. The van der Waals surface area contributed by atoms with E-state index in [0.717, 1.165) is 5.56 Å². The molecular formula is C23H19ClN2O3S. The minimum Gasteiger partial charge on any atom is -0.322 e. The van der Waals surface area contributed by atoms with Gasteiger partial charge in [-0.2, -0.15) is 0 Å². The highest BCUT2D eigenvalue weighted by Gasteiger charge is 2.34. The molecule has 1 aliphatic rings. The van der Waals surface area contributed by atoms with Crippen LogP contribution in [0.1, 0.15) is 15.9 Å². The second kappa shape index (κ2) is 7.63. The Morgan fingerprint density at radius 1 is 1.10 bits per heavy atom. The van der Waals surface area contributed by atoms with Crippen molar-refractivity contribution in [2.24, 2.45) is 0 Å². The molecule has 4 rings (SSSR count). The maximum atomic E-state index is 13.1. The van der Waals surface area contributed by atoms with Crippen LogP contribution in [0.25, 0.3) is 11.1 Å². The highest BCUT2D eigenvalue weighted by Crippen LogP contribution is 2.43. The molecule has 30 heavy (non-hydrogen) atoms. The van der Waals surface area contributed by atoms with Gasteiger partial charge in [0.15, 0.2) is 0 Å². The van der Waals surface area contributed by atoms with Gasteiger partial charge in [-0.15, -0.1) is 6.58 Å². The van der Waals surface area contributed by atoms with Gasteiger partial charge in [-0.05, 0) is 48.9 Å². The number of rotatable bonds is 4. The lowest BCUT2D eigenvalue weighted by Gasteiger charge is -2.31. The molecule has 0 bridgehead atoms. The summed E-state index contributed by atoms with van der Waals surface area (Å²) in [5.41, 5.74) is 3.70. The van der Waals surface area contributed by atoms with Gasteiger partial charge in [-0.1, -0.05) is 41.9 Å². The molecule has 3 aromatic carbocycles. The van der Waals surface area contributed by atoms with E-state index in [-0.39, 0.29) is 17.3 Å². The van der Waals surface area contributed by atoms with E-state index in [4.69, 9.17) is 11.6 Å². The Hall–Kier alpha value is -3.09. The van der Waals surface area contributed by atoms with Crippen molar-refractivity contribution in [1.29, 1.82) is 0 Å². The predicted molar refractivity (Wildman–Crippen MR) is 121 cm³/mol. The smallest absolute Gasteiger partial charge is 0.265 e. The molecule has 152 valence electrons. The fourth-order valence-corrected chi connectivity index (χ4v) is 5.35. The van der Waals surface area contributed by atoms with E-state index in [0.29, 0.717) is 33.1 Å². The number of hydrogen-bond donors (Lipinski definition) is 1. The lowest BCUT2D eigenvalue weighted by atomic mass is 10.00. The fraction of sp³-hybridized carbons (Fsp3) is 0.0870. The Bertz CT molecular complexity index is 1290. The Morgan fingerprint density at radius 2 is 1.87 bits per heavy atom. The van der Waals surface area contributed by atoms with Crippen molar-refractivity contribution >= 4 is 38.9 Å². The highest BCUT2D eigenvalue weighted by atomic mass is 35.5. The molecule has 0 aliphatic carbocycles. The minimum atomic E-state index is -3.70. The third-order valence-corrected chi connectivity index (χ3v) is 7.09. The summed E-state index contributed by atoms with van der Waals surface area (Å²) in [7, 11) is -3.70. The normalized spacial score (nSPS) is 13.9.